The van der Waals surface area contributed by atoms with Crippen LogP contribution in [0.3, 0.4) is 0 Å². The molecule has 0 bridgehead atoms. The van der Waals surface area contributed by atoms with E-state index in [0.717, 1.165) is 27.3 Å². The number of aryl methyl sites for hydroxylation is 1. The summed E-state index contributed by atoms with van der Waals surface area (Å²) in [5.41, 5.74) is 2.51. The highest BCUT2D eigenvalue weighted by Gasteiger charge is 2.13. The minimum atomic E-state index is -0.406. The predicted molar refractivity (Wildman–Crippen MR) is 98.9 cm³/mol. The maximum atomic E-state index is 13.2. The van der Waals surface area contributed by atoms with Crippen molar-refractivity contribution < 1.29 is 9.23 Å². The molecule has 5 nitrogen and oxygen atoms in total. The molecule has 3 aromatic rings. The zero-order valence-electron chi connectivity index (χ0n) is 13.9. The summed E-state index contributed by atoms with van der Waals surface area (Å²) in [6.07, 6.45) is 6.44. The second-order valence-corrected chi connectivity index (χ2v) is 6.95. The summed E-state index contributed by atoms with van der Waals surface area (Å²) < 4.78 is 13.2. The zero-order chi connectivity index (χ0) is 17.8. The molecule has 0 fully saturated rings. The quantitative estimate of drug-likeness (QED) is 0.372. The monoisotopic (exact) mass is 374 g/mol. The largest absolute Gasteiger partial charge is 0.335 e. The van der Waals surface area contributed by atoms with Gasteiger partial charge in [-0.05, 0) is 38.3 Å². The summed E-state index contributed by atoms with van der Waals surface area (Å²) in [4.78, 5) is 19.6. The summed E-state index contributed by atoms with van der Waals surface area (Å²) in [5, 5.41) is 5.02. The molecule has 0 saturated heterocycles. The number of oxime groups is 1. The lowest BCUT2D eigenvalue weighted by Gasteiger charge is -2.04. The molecule has 128 valence electrons. The maximum absolute atomic E-state index is 13.2. The molecular formula is C17H15FN4OS2. The lowest BCUT2D eigenvalue weighted by atomic mass is 10.3. The van der Waals surface area contributed by atoms with Gasteiger partial charge in [0.05, 0.1) is 27.4 Å². The molecule has 0 aliphatic heterocycles. The van der Waals surface area contributed by atoms with Gasteiger partial charge in [-0.25, -0.2) is 14.4 Å². The van der Waals surface area contributed by atoms with Gasteiger partial charge < -0.3 is 4.84 Å². The summed E-state index contributed by atoms with van der Waals surface area (Å²) >= 11 is 2.87. The second kappa shape index (κ2) is 7.71. The van der Waals surface area contributed by atoms with Crippen LogP contribution < -0.4 is 4.84 Å². The minimum Gasteiger partial charge on any atom is -0.335 e. The molecule has 0 spiro atoms. The van der Waals surface area contributed by atoms with Gasteiger partial charge in [0.2, 0.25) is 0 Å². The van der Waals surface area contributed by atoms with E-state index >= 15 is 0 Å². The van der Waals surface area contributed by atoms with Crippen LogP contribution in [0.15, 0.2) is 46.8 Å². The van der Waals surface area contributed by atoms with Crippen molar-refractivity contribution in [3.63, 3.8) is 0 Å². The third kappa shape index (κ3) is 4.02. The molecule has 0 aliphatic carbocycles. The van der Waals surface area contributed by atoms with Crippen LogP contribution in [0.1, 0.15) is 17.5 Å². The van der Waals surface area contributed by atoms with Gasteiger partial charge in [-0.2, -0.15) is 0 Å². The third-order valence-electron chi connectivity index (χ3n) is 3.31. The van der Waals surface area contributed by atoms with E-state index in [2.05, 4.69) is 20.1 Å². The Morgan fingerprint density at radius 1 is 1.36 bits per heavy atom. The molecule has 0 aliphatic rings. The molecular weight excluding hydrogens is 359 g/mol. The van der Waals surface area contributed by atoms with Gasteiger partial charge in [0.1, 0.15) is 10.8 Å². The number of hydrogen-bond acceptors (Lipinski definition) is 7. The van der Waals surface area contributed by atoms with Crippen molar-refractivity contribution in [2.24, 2.45) is 5.16 Å². The van der Waals surface area contributed by atoms with Crippen molar-refractivity contribution >= 4 is 28.8 Å². The highest BCUT2D eigenvalue weighted by atomic mass is 32.2. The van der Waals surface area contributed by atoms with Crippen LogP contribution in [0.5, 0.6) is 5.88 Å². The van der Waals surface area contributed by atoms with Crippen LogP contribution in [-0.4, -0.2) is 26.9 Å². The second-order valence-electron chi connectivity index (χ2n) is 5.10. The van der Waals surface area contributed by atoms with Crippen molar-refractivity contribution in [2.45, 2.75) is 18.7 Å². The molecule has 0 unspecified atom stereocenters. The van der Waals surface area contributed by atoms with Gasteiger partial charge in [-0.15, -0.1) is 23.1 Å². The lowest BCUT2D eigenvalue weighted by molar-refractivity contribution is 0.317. The zero-order valence-corrected chi connectivity index (χ0v) is 15.5. The molecule has 0 saturated carbocycles. The van der Waals surface area contributed by atoms with Crippen LogP contribution >= 0.6 is 23.1 Å². The highest BCUT2D eigenvalue weighted by Crippen LogP contribution is 2.29. The topological polar surface area (TPSA) is 60.3 Å². The fraction of sp³-hybridized carbons (Fsp3) is 0.176. The maximum Gasteiger partial charge on any atom is 0.262 e. The van der Waals surface area contributed by atoms with Crippen LogP contribution in [0.4, 0.5) is 4.39 Å². The van der Waals surface area contributed by atoms with E-state index in [4.69, 9.17) is 4.84 Å². The van der Waals surface area contributed by atoms with Crippen LogP contribution in [0, 0.1) is 12.7 Å². The smallest absolute Gasteiger partial charge is 0.262 e. The van der Waals surface area contributed by atoms with Crippen LogP contribution in [0.2, 0.25) is 0 Å². The third-order valence-corrected chi connectivity index (χ3v) is 5.36. The van der Waals surface area contributed by atoms with Crippen molar-refractivity contribution in [3.05, 3.63) is 53.2 Å². The van der Waals surface area contributed by atoms with Crippen LogP contribution in [-0.2, 0) is 0 Å². The van der Waals surface area contributed by atoms with Crippen LogP contribution in [0.25, 0.3) is 10.6 Å². The van der Waals surface area contributed by atoms with E-state index < -0.39 is 5.82 Å². The summed E-state index contributed by atoms with van der Waals surface area (Å²) in [5.74, 6) is -0.125. The number of thiazole rings is 1. The summed E-state index contributed by atoms with van der Waals surface area (Å²) in [6.45, 7) is 3.77. The number of pyridine rings is 2. The Labute approximate surface area is 153 Å². The van der Waals surface area contributed by atoms with Gasteiger partial charge in [0.25, 0.3) is 5.88 Å². The first-order chi connectivity index (χ1) is 12.1. The summed E-state index contributed by atoms with van der Waals surface area (Å²) in [7, 11) is 0. The fourth-order valence-corrected chi connectivity index (χ4v) is 3.61. The number of nitrogens with zero attached hydrogens (tertiary/aromatic N) is 4. The molecule has 0 radical (unpaired) electrons. The summed E-state index contributed by atoms with van der Waals surface area (Å²) in [6, 6.07) is 5.21. The average Bonchev–Trinajstić information content (AvgIpc) is 3.03. The number of hydrogen-bond donors (Lipinski definition) is 0. The van der Waals surface area contributed by atoms with E-state index in [1.165, 1.54) is 29.2 Å². The Bertz CT molecular complexity index is 912. The van der Waals surface area contributed by atoms with Gasteiger partial charge >= 0.3 is 0 Å². The van der Waals surface area contributed by atoms with E-state index in [-0.39, 0.29) is 5.88 Å². The van der Waals surface area contributed by atoms with Gasteiger partial charge in [-0.1, -0.05) is 5.16 Å². The number of thioether (sulfide) groups is 1. The van der Waals surface area contributed by atoms with E-state index in [1.54, 1.807) is 12.4 Å². The van der Waals surface area contributed by atoms with E-state index in [0.29, 0.717) is 10.6 Å². The molecule has 25 heavy (non-hydrogen) atoms. The number of halogens is 1. The standard InChI is InChI=1S/C17H15FN4OS2/c1-10-15(25-17(21-10)12-5-4-6-19-8-12)11(2)22-23-16-14(24-3)7-13(18)9-20-16/h4-9H,1-3H3. The highest BCUT2D eigenvalue weighted by molar-refractivity contribution is 7.98. The average molecular weight is 374 g/mol. The molecule has 0 atom stereocenters. The van der Waals surface area contributed by atoms with Gasteiger partial charge in [-0.3, -0.25) is 4.98 Å². The first-order valence-electron chi connectivity index (χ1n) is 7.38. The van der Waals surface area contributed by atoms with E-state index in [1.807, 2.05) is 32.2 Å². The van der Waals surface area contributed by atoms with Crippen molar-refractivity contribution in [3.8, 4) is 16.5 Å². The molecule has 3 rings (SSSR count). The van der Waals surface area contributed by atoms with Gasteiger partial charge in [0, 0.05) is 18.0 Å². The Kier molecular flexibility index (Phi) is 5.40. The Morgan fingerprint density at radius 2 is 2.20 bits per heavy atom. The first kappa shape index (κ1) is 17.5. The SMILES string of the molecule is CSc1cc(F)cnc1ON=C(C)c1sc(-c2cccnc2)nc1C. The lowest BCUT2D eigenvalue weighted by Crippen LogP contribution is -1.99. The van der Waals surface area contributed by atoms with Crippen molar-refractivity contribution in [1.82, 2.24) is 15.0 Å². The number of aromatic nitrogens is 3. The molecule has 0 aromatic carbocycles. The van der Waals surface area contributed by atoms with Crippen molar-refractivity contribution in [1.29, 1.82) is 0 Å². The molecule has 3 heterocycles. The predicted octanol–water partition coefficient (Wildman–Crippen LogP) is 4.57. The fourth-order valence-electron chi connectivity index (χ4n) is 2.12. The molecule has 0 N–H and O–H groups in total. The normalized spacial score (nSPS) is 11.6. The molecule has 0 amide bonds. The minimum absolute atomic E-state index is 0.280. The molecule has 8 heteroatoms. The Balaban J connectivity index is 1.85. The Hall–Kier alpha value is -2.32. The first-order valence-corrected chi connectivity index (χ1v) is 9.42. The molecule has 3 aromatic heterocycles. The van der Waals surface area contributed by atoms with E-state index in [9.17, 15) is 4.39 Å². The van der Waals surface area contributed by atoms with Gasteiger partial charge in [0.15, 0.2) is 0 Å². The van der Waals surface area contributed by atoms with Crippen molar-refractivity contribution in [2.75, 3.05) is 6.26 Å². The Morgan fingerprint density at radius 3 is 2.92 bits per heavy atom. The number of rotatable bonds is 5.